The number of hydrogen-bond acceptors (Lipinski definition) is 4. The van der Waals surface area contributed by atoms with Crippen LogP contribution in [-0.2, 0) is 4.74 Å². The van der Waals surface area contributed by atoms with Crippen LogP contribution in [0.2, 0.25) is 0 Å². The summed E-state index contributed by atoms with van der Waals surface area (Å²) in [6.45, 7) is 0.791. The monoisotopic (exact) mass is 186 g/mol. The minimum atomic E-state index is 0.00620. The van der Waals surface area contributed by atoms with Crippen molar-refractivity contribution in [1.82, 2.24) is 10.2 Å². The van der Waals surface area contributed by atoms with E-state index in [1.807, 2.05) is 0 Å². The molecule has 12 heavy (non-hydrogen) atoms. The molecule has 0 bridgehead atoms. The Hall–Kier alpha value is -0.680. The summed E-state index contributed by atoms with van der Waals surface area (Å²) in [5.74, 6) is 0.583. The van der Waals surface area contributed by atoms with Crippen LogP contribution >= 0.6 is 12.2 Å². The van der Waals surface area contributed by atoms with Crippen molar-refractivity contribution in [2.24, 2.45) is 0 Å². The summed E-state index contributed by atoms with van der Waals surface area (Å²) in [5, 5.41) is 6.50. The molecule has 0 spiro atoms. The van der Waals surface area contributed by atoms with Crippen molar-refractivity contribution in [2.75, 3.05) is 6.61 Å². The van der Waals surface area contributed by atoms with Crippen LogP contribution in [0.3, 0.4) is 0 Å². The summed E-state index contributed by atoms with van der Waals surface area (Å²) >= 11 is 4.76. The van der Waals surface area contributed by atoms with Crippen LogP contribution in [0.25, 0.3) is 0 Å². The standard InChI is InChI=1S/C7H10N2O2S/c12-7-9-8-6(11-7)5-3-1-2-4-10-5/h5H,1-4H2,(H,9,12). The van der Waals surface area contributed by atoms with Crippen LogP contribution < -0.4 is 0 Å². The number of rotatable bonds is 1. The lowest BCUT2D eigenvalue weighted by Crippen LogP contribution is -2.11. The number of nitrogens with one attached hydrogen (secondary N) is 1. The molecule has 4 nitrogen and oxygen atoms in total. The summed E-state index contributed by atoms with van der Waals surface area (Å²) in [6, 6.07) is 0. The first-order valence-corrected chi connectivity index (χ1v) is 4.44. The minimum Gasteiger partial charge on any atom is -0.411 e. The summed E-state index contributed by atoms with van der Waals surface area (Å²) < 4.78 is 10.6. The van der Waals surface area contributed by atoms with Crippen molar-refractivity contribution >= 4 is 12.2 Å². The quantitative estimate of drug-likeness (QED) is 0.681. The normalized spacial score (nSPS) is 24.2. The van der Waals surface area contributed by atoms with E-state index < -0.39 is 0 Å². The first kappa shape index (κ1) is 7.94. The van der Waals surface area contributed by atoms with Gasteiger partial charge in [-0.3, -0.25) is 0 Å². The van der Waals surface area contributed by atoms with Gasteiger partial charge < -0.3 is 9.15 Å². The second kappa shape index (κ2) is 3.37. The van der Waals surface area contributed by atoms with Gasteiger partial charge in [0.2, 0.25) is 5.89 Å². The predicted octanol–water partition coefficient (Wildman–Crippen LogP) is 1.97. The highest BCUT2D eigenvalue weighted by Crippen LogP contribution is 2.25. The smallest absolute Gasteiger partial charge is 0.284 e. The fourth-order valence-electron chi connectivity index (χ4n) is 1.31. The Balaban J connectivity index is 2.13. The van der Waals surface area contributed by atoms with Crippen molar-refractivity contribution < 1.29 is 9.15 Å². The van der Waals surface area contributed by atoms with Gasteiger partial charge in [0.25, 0.3) is 4.84 Å². The molecule has 0 aromatic carbocycles. The zero-order chi connectivity index (χ0) is 8.39. The molecule has 1 aliphatic heterocycles. The number of ether oxygens (including phenoxy) is 1. The third kappa shape index (κ3) is 1.56. The van der Waals surface area contributed by atoms with Crippen molar-refractivity contribution in [3.8, 4) is 0 Å². The van der Waals surface area contributed by atoms with E-state index in [2.05, 4.69) is 10.2 Å². The van der Waals surface area contributed by atoms with Gasteiger partial charge in [-0.2, -0.15) is 0 Å². The fourth-order valence-corrected chi connectivity index (χ4v) is 1.45. The van der Waals surface area contributed by atoms with Crippen molar-refractivity contribution in [2.45, 2.75) is 25.4 Å². The molecule has 0 saturated carbocycles. The summed E-state index contributed by atoms with van der Waals surface area (Å²) in [7, 11) is 0. The van der Waals surface area contributed by atoms with Crippen molar-refractivity contribution in [1.29, 1.82) is 0 Å². The maximum atomic E-state index is 5.45. The second-order valence-corrected chi connectivity index (χ2v) is 3.18. The Morgan fingerprint density at radius 2 is 2.42 bits per heavy atom. The summed E-state index contributed by atoms with van der Waals surface area (Å²) in [4.78, 5) is 0.319. The Kier molecular flexibility index (Phi) is 2.23. The molecule has 1 unspecified atom stereocenters. The largest absolute Gasteiger partial charge is 0.411 e. The molecule has 1 fully saturated rings. The number of nitrogens with zero attached hydrogens (tertiary/aromatic N) is 1. The number of H-pyrrole nitrogens is 1. The zero-order valence-corrected chi connectivity index (χ0v) is 7.39. The lowest BCUT2D eigenvalue weighted by molar-refractivity contribution is -0.00182. The van der Waals surface area contributed by atoms with E-state index in [0.29, 0.717) is 10.7 Å². The summed E-state index contributed by atoms with van der Waals surface area (Å²) in [6.07, 6.45) is 3.27. The third-order valence-corrected chi connectivity index (χ3v) is 2.08. The first-order valence-electron chi connectivity index (χ1n) is 4.03. The first-order chi connectivity index (χ1) is 5.86. The molecule has 1 aliphatic rings. The SMILES string of the molecule is S=c1[nH]nc(C2CCCCO2)o1. The van der Waals surface area contributed by atoms with Gasteiger partial charge in [0.1, 0.15) is 6.10 Å². The Morgan fingerprint density at radius 1 is 1.50 bits per heavy atom. The lowest BCUT2D eigenvalue weighted by atomic mass is 10.1. The van der Waals surface area contributed by atoms with Crippen LogP contribution in [0, 0.1) is 4.84 Å². The van der Waals surface area contributed by atoms with Gasteiger partial charge in [-0.1, -0.05) is 0 Å². The highest BCUT2D eigenvalue weighted by Gasteiger charge is 2.20. The van der Waals surface area contributed by atoms with Crippen LogP contribution in [0.15, 0.2) is 4.42 Å². The van der Waals surface area contributed by atoms with Crippen LogP contribution in [-0.4, -0.2) is 16.8 Å². The average Bonchev–Trinajstić information content (AvgIpc) is 2.54. The van der Waals surface area contributed by atoms with Gasteiger partial charge in [0.05, 0.1) is 0 Å². The molecule has 1 N–H and O–H groups in total. The van der Waals surface area contributed by atoms with Crippen molar-refractivity contribution in [3.05, 3.63) is 10.7 Å². The molecule has 0 aliphatic carbocycles. The molecule has 1 aromatic rings. The number of aromatic nitrogens is 2. The van der Waals surface area contributed by atoms with Gasteiger partial charge in [-0.15, -0.1) is 5.10 Å². The molecular weight excluding hydrogens is 176 g/mol. The van der Waals surface area contributed by atoms with Gasteiger partial charge >= 0.3 is 0 Å². The average molecular weight is 186 g/mol. The fraction of sp³-hybridized carbons (Fsp3) is 0.714. The third-order valence-electron chi connectivity index (χ3n) is 1.91. The van der Waals surface area contributed by atoms with Crippen LogP contribution in [0.5, 0.6) is 0 Å². The molecule has 5 heteroatoms. The molecule has 1 atom stereocenters. The van der Waals surface area contributed by atoms with Crippen molar-refractivity contribution in [3.63, 3.8) is 0 Å². The molecular formula is C7H10N2O2S. The van der Waals surface area contributed by atoms with E-state index in [1.54, 1.807) is 0 Å². The highest BCUT2D eigenvalue weighted by molar-refractivity contribution is 7.71. The van der Waals surface area contributed by atoms with Gasteiger partial charge in [0, 0.05) is 6.61 Å². The summed E-state index contributed by atoms with van der Waals surface area (Å²) in [5.41, 5.74) is 0. The maximum Gasteiger partial charge on any atom is 0.284 e. The highest BCUT2D eigenvalue weighted by atomic mass is 32.1. The van der Waals surface area contributed by atoms with E-state index in [4.69, 9.17) is 21.4 Å². The van der Waals surface area contributed by atoms with Gasteiger partial charge in [-0.05, 0) is 31.5 Å². The Labute approximate surface area is 74.9 Å². The molecule has 2 heterocycles. The minimum absolute atomic E-state index is 0.00620. The Morgan fingerprint density at radius 3 is 3.00 bits per heavy atom. The zero-order valence-electron chi connectivity index (χ0n) is 6.58. The van der Waals surface area contributed by atoms with E-state index in [9.17, 15) is 0 Å². The van der Waals surface area contributed by atoms with E-state index in [-0.39, 0.29) is 6.10 Å². The maximum absolute atomic E-state index is 5.45. The van der Waals surface area contributed by atoms with Gasteiger partial charge in [0.15, 0.2) is 0 Å². The molecule has 0 radical (unpaired) electrons. The number of aromatic amines is 1. The van der Waals surface area contributed by atoms with E-state index in [0.717, 1.165) is 19.4 Å². The van der Waals surface area contributed by atoms with E-state index >= 15 is 0 Å². The molecule has 1 saturated heterocycles. The lowest BCUT2D eigenvalue weighted by Gasteiger charge is -2.18. The molecule has 1 aromatic heterocycles. The topological polar surface area (TPSA) is 51.0 Å². The second-order valence-electron chi connectivity index (χ2n) is 2.81. The predicted molar refractivity (Wildman–Crippen MR) is 44.2 cm³/mol. The molecule has 2 rings (SSSR count). The van der Waals surface area contributed by atoms with E-state index in [1.165, 1.54) is 6.42 Å². The molecule has 66 valence electrons. The molecule has 0 amide bonds. The Bertz CT molecular complexity index is 300. The van der Waals surface area contributed by atoms with Crippen LogP contribution in [0.4, 0.5) is 0 Å². The van der Waals surface area contributed by atoms with Crippen LogP contribution in [0.1, 0.15) is 31.3 Å². The van der Waals surface area contributed by atoms with Gasteiger partial charge in [-0.25, -0.2) is 5.10 Å². The number of hydrogen-bond donors (Lipinski definition) is 1.